The lowest BCUT2D eigenvalue weighted by molar-refractivity contribution is -0.000338. The molecule has 150 valence electrons. The van der Waals surface area contributed by atoms with Gasteiger partial charge in [-0.1, -0.05) is 42.5 Å². The maximum absolute atomic E-state index is 13.3. The van der Waals surface area contributed by atoms with Crippen molar-refractivity contribution in [1.29, 1.82) is 0 Å². The van der Waals surface area contributed by atoms with Crippen LogP contribution in [0, 0.1) is 0 Å². The molecule has 2 aliphatic rings. The number of nitrogens with one attached hydrogen (secondary N) is 1. The predicted octanol–water partition coefficient (Wildman–Crippen LogP) is 4.87. The molecule has 1 saturated heterocycles. The molecule has 3 aromatic rings. The lowest BCUT2D eigenvalue weighted by Crippen LogP contribution is -2.40. The number of hydrogen-bond donors (Lipinski definition) is 1. The van der Waals surface area contributed by atoms with Crippen LogP contribution in [0.5, 0.6) is 0 Å². The minimum Gasteiger partial charge on any atom is -0.373 e. The van der Waals surface area contributed by atoms with Crippen molar-refractivity contribution >= 4 is 16.8 Å². The van der Waals surface area contributed by atoms with Gasteiger partial charge in [-0.25, -0.2) is 0 Å². The van der Waals surface area contributed by atoms with Gasteiger partial charge in [-0.3, -0.25) is 4.79 Å². The van der Waals surface area contributed by atoms with Gasteiger partial charge in [-0.05, 0) is 55.7 Å². The van der Waals surface area contributed by atoms with Crippen LogP contribution in [0.15, 0.2) is 48.5 Å². The zero-order chi connectivity index (χ0) is 19.6. The van der Waals surface area contributed by atoms with Crippen LogP contribution in [-0.4, -0.2) is 35.0 Å². The van der Waals surface area contributed by atoms with Crippen LogP contribution >= 0.6 is 0 Å². The molecule has 5 rings (SSSR count). The van der Waals surface area contributed by atoms with E-state index in [1.807, 2.05) is 35.2 Å². The highest BCUT2D eigenvalue weighted by molar-refractivity contribution is 6.06. The Bertz CT molecular complexity index is 1000. The van der Waals surface area contributed by atoms with Gasteiger partial charge in [0.25, 0.3) is 5.91 Å². The molecule has 0 atom stereocenters. The summed E-state index contributed by atoms with van der Waals surface area (Å²) in [5, 5.41) is 1.24. The van der Waals surface area contributed by atoms with Gasteiger partial charge in [0.1, 0.15) is 0 Å². The fourth-order valence-electron chi connectivity index (χ4n) is 4.79. The van der Waals surface area contributed by atoms with Crippen LogP contribution in [0.2, 0.25) is 0 Å². The van der Waals surface area contributed by atoms with Crippen molar-refractivity contribution in [1.82, 2.24) is 9.88 Å². The van der Waals surface area contributed by atoms with Crippen molar-refractivity contribution in [2.45, 2.75) is 51.2 Å². The van der Waals surface area contributed by atoms with Gasteiger partial charge in [0, 0.05) is 24.2 Å². The van der Waals surface area contributed by atoms with E-state index in [1.54, 1.807) is 0 Å². The molecule has 4 heteroatoms. The molecule has 1 fully saturated rings. The van der Waals surface area contributed by atoms with Gasteiger partial charge < -0.3 is 14.6 Å². The van der Waals surface area contributed by atoms with Crippen LogP contribution in [0.4, 0.5) is 0 Å². The number of H-pyrrole nitrogens is 1. The Balaban J connectivity index is 1.26. The van der Waals surface area contributed by atoms with Crippen LogP contribution in [0.25, 0.3) is 10.9 Å². The largest absolute Gasteiger partial charge is 0.373 e. The number of para-hydroxylation sites is 1. The van der Waals surface area contributed by atoms with Crippen LogP contribution in [0.3, 0.4) is 0 Å². The number of amides is 1. The molecule has 1 aromatic heterocycles. The molecule has 0 radical (unpaired) electrons. The first kappa shape index (κ1) is 18.4. The molecular formula is C25H28N2O2. The van der Waals surface area contributed by atoms with Crippen LogP contribution in [-0.2, 0) is 24.2 Å². The van der Waals surface area contributed by atoms with Crippen LogP contribution in [0.1, 0.15) is 52.9 Å². The highest BCUT2D eigenvalue weighted by Crippen LogP contribution is 2.31. The number of piperidine rings is 1. The van der Waals surface area contributed by atoms with Crippen molar-refractivity contribution in [2.75, 3.05) is 13.1 Å². The molecule has 29 heavy (non-hydrogen) atoms. The van der Waals surface area contributed by atoms with E-state index in [4.69, 9.17) is 4.74 Å². The zero-order valence-electron chi connectivity index (χ0n) is 16.8. The van der Waals surface area contributed by atoms with E-state index in [-0.39, 0.29) is 12.0 Å². The molecule has 1 aliphatic carbocycles. The SMILES string of the molecule is O=C(c1cccc2c3c([nH]c12)CCCC3)N1CCC(OCc2ccccc2)CC1. The van der Waals surface area contributed by atoms with Gasteiger partial charge in [0.05, 0.1) is 23.8 Å². The number of carbonyl (C=O) groups excluding carboxylic acids is 1. The second-order valence-corrected chi connectivity index (χ2v) is 8.31. The Kier molecular flexibility index (Phi) is 5.11. The summed E-state index contributed by atoms with van der Waals surface area (Å²) in [5.74, 6) is 0.149. The first-order valence-corrected chi connectivity index (χ1v) is 10.9. The van der Waals surface area contributed by atoms with Crippen molar-refractivity contribution in [3.8, 4) is 0 Å². The van der Waals surface area contributed by atoms with E-state index >= 15 is 0 Å². The predicted molar refractivity (Wildman–Crippen MR) is 115 cm³/mol. The maximum Gasteiger partial charge on any atom is 0.255 e. The number of carbonyl (C=O) groups is 1. The molecule has 4 nitrogen and oxygen atoms in total. The standard InChI is InChI=1S/C25H28N2O2/c28-25(22-11-6-10-21-20-9-4-5-12-23(20)26-24(21)22)27-15-13-19(14-16-27)29-17-18-7-2-1-3-8-18/h1-3,6-8,10-11,19,26H,4-5,9,12-17H2. The van der Waals surface area contributed by atoms with Crippen molar-refractivity contribution in [3.63, 3.8) is 0 Å². The number of fused-ring (bicyclic) bond motifs is 3. The number of aromatic nitrogens is 1. The summed E-state index contributed by atoms with van der Waals surface area (Å²) in [7, 11) is 0. The summed E-state index contributed by atoms with van der Waals surface area (Å²) < 4.78 is 6.08. The van der Waals surface area contributed by atoms with Gasteiger partial charge in [-0.15, -0.1) is 0 Å². The van der Waals surface area contributed by atoms with E-state index in [9.17, 15) is 4.79 Å². The molecule has 1 amide bonds. The second kappa shape index (κ2) is 8.03. The minimum atomic E-state index is 0.149. The van der Waals surface area contributed by atoms with E-state index in [2.05, 4.69) is 23.2 Å². The Hall–Kier alpha value is -2.59. The Labute approximate surface area is 171 Å². The molecule has 1 N–H and O–H groups in total. The van der Waals surface area contributed by atoms with E-state index in [0.29, 0.717) is 6.61 Å². The summed E-state index contributed by atoms with van der Waals surface area (Å²) >= 11 is 0. The Morgan fingerprint density at radius 1 is 1.00 bits per heavy atom. The van der Waals surface area contributed by atoms with E-state index in [1.165, 1.54) is 35.0 Å². The molecular weight excluding hydrogens is 360 g/mol. The molecule has 0 spiro atoms. The number of aromatic amines is 1. The van der Waals surface area contributed by atoms with Crippen molar-refractivity contribution in [3.05, 3.63) is 70.9 Å². The molecule has 2 aromatic carbocycles. The number of ether oxygens (including phenoxy) is 1. The number of nitrogens with zero attached hydrogens (tertiary/aromatic N) is 1. The number of benzene rings is 2. The monoisotopic (exact) mass is 388 g/mol. The van der Waals surface area contributed by atoms with E-state index in [0.717, 1.165) is 49.9 Å². The lowest BCUT2D eigenvalue weighted by Gasteiger charge is -2.32. The zero-order valence-corrected chi connectivity index (χ0v) is 16.8. The lowest BCUT2D eigenvalue weighted by atomic mass is 9.95. The number of rotatable bonds is 4. The molecule has 0 bridgehead atoms. The Morgan fingerprint density at radius 3 is 2.62 bits per heavy atom. The van der Waals surface area contributed by atoms with Gasteiger partial charge in [0.15, 0.2) is 0 Å². The average Bonchev–Trinajstić information content (AvgIpc) is 3.17. The van der Waals surface area contributed by atoms with E-state index < -0.39 is 0 Å². The third-order valence-electron chi connectivity index (χ3n) is 6.42. The minimum absolute atomic E-state index is 0.149. The van der Waals surface area contributed by atoms with Crippen molar-refractivity contribution in [2.24, 2.45) is 0 Å². The van der Waals surface area contributed by atoms with Crippen molar-refractivity contribution < 1.29 is 9.53 Å². The number of aryl methyl sites for hydroxylation is 2. The first-order chi connectivity index (χ1) is 14.3. The summed E-state index contributed by atoms with van der Waals surface area (Å²) in [4.78, 5) is 18.9. The molecule has 0 saturated carbocycles. The van der Waals surface area contributed by atoms with Crippen LogP contribution < -0.4 is 0 Å². The second-order valence-electron chi connectivity index (χ2n) is 8.31. The van der Waals surface area contributed by atoms with Gasteiger partial charge in [0.2, 0.25) is 0 Å². The summed E-state index contributed by atoms with van der Waals surface area (Å²) in [6, 6.07) is 16.5. The topological polar surface area (TPSA) is 45.3 Å². The highest BCUT2D eigenvalue weighted by atomic mass is 16.5. The molecule has 0 unspecified atom stereocenters. The van der Waals surface area contributed by atoms with Gasteiger partial charge >= 0.3 is 0 Å². The third-order valence-corrected chi connectivity index (χ3v) is 6.42. The fraction of sp³-hybridized carbons (Fsp3) is 0.400. The third kappa shape index (κ3) is 3.69. The molecule has 2 heterocycles. The van der Waals surface area contributed by atoms with Gasteiger partial charge in [-0.2, -0.15) is 0 Å². The average molecular weight is 389 g/mol. The first-order valence-electron chi connectivity index (χ1n) is 10.9. The number of hydrogen-bond acceptors (Lipinski definition) is 2. The fourth-order valence-corrected chi connectivity index (χ4v) is 4.79. The Morgan fingerprint density at radius 2 is 1.79 bits per heavy atom. The summed E-state index contributed by atoms with van der Waals surface area (Å²) in [6.45, 7) is 2.16. The summed E-state index contributed by atoms with van der Waals surface area (Å²) in [5.41, 5.74) is 5.81. The maximum atomic E-state index is 13.3. The molecule has 1 aliphatic heterocycles. The normalized spacial score (nSPS) is 17.4. The smallest absolute Gasteiger partial charge is 0.255 e. The number of likely N-dealkylation sites (tertiary alicyclic amines) is 1. The quantitative estimate of drug-likeness (QED) is 0.693. The summed E-state index contributed by atoms with van der Waals surface area (Å²) in [6.07, 6.45) is 6.73. The highest BCUT2D eigenvalue weighted by Gasteiger charge is 2.26.